The lowest BCUT2D eigenvalue weighted by atomic mass is 10.2. The van der Waals surface area contributed by atoms with Crippen molar-refractivity contribution in [2.45, 2.75) is 37.5 Å². The fourth-order valence-corrected chi connectivity index (χ4v) is 2.06. The third-order valence-electron chi connectivity index (χ3n) is 1.71. The molecule has 1 heterocycles. The summed E-state index contributed by atoms with van der Waals surface area (Å²) < 4.78 is 0.159. The molecule has 0 aliphatic heterocycles. The van der Waals surface area contributed by atoms with Crippen LogP contribution >= 0.6 is 11.8 Å². The molecule has 0 aromatic carbocycles. The van der Waals surface area contributed by atoms with E-state index in [0.717, 1.165) is 16.3 Å². The summed E-state index contributed by atoms with van der Waals surface area (Å²) in [5, 5.41) is 12.4. The maximum absolute atomic E-state index is 8.44. The SMILES string of the molecule is Cc1nc(SC(C)(C)C)ccc1/C=N\O. The molecule has 0 saturated heterocycles. The highest BCUT2D eigenvalue weighted by Crippen LogP contribution is 2.30. The number of aromatic nitrogens is 1. The third-order valence-corrected chi connectivity index (χ3v) is 2.76. The Balaban J connectivity index is 2.92. The minimum Gasteiger partial charge on any atom is -0.411 e. The molecule has 0 radical (unpaired) electrons. The number of thioether (sulfide) groups is 1. The summed E-state index contributed by atoms with van der Waals surface area (Å²) in [6.45, 7) is 8.36. The number of oxime groups is 1. The lowest BCUT2D eigenvalue weighted by molar-refractivity contribution is 0.322. The second-order valence-corrected chi connectivity index (χ2v) is 6.13. The second-order valence-electron chi connectivity index (χ2n) is 4.28. The van der Waals surface area contributed by atoms with Gasteiger partial charge in [-0.2, -0.15) is 0 Å². The van der Waals surface area contributed by atoms with Crippen LogP contribution in [0.15, 0.2) is 22.3 Å². The molecule has 4 heteroatoms. The van der Waals surface area contributed by atoms with Crippen LogP contribution in [0.2, 0.25) is 0 Å². The average Bonchev–Trinajstić information content (AvgIpc) is 2.07. The zero-order chi connectivity index (χ0) is 11.5. The zero-order valence-electron chi connectivity index (χ0n) is 9.48. The van der Waals surface area contributed by atoms with Crippen LogP contribution in [0.25, 0.3) is 0 Å². The summed E-state index contributed by atoms with van der Waals surface area (Å²) in [6, 6.07) is 3.86. The molecule has 1 aromatic rings. The van der Waals surface area contributed by atoms with E-state index in [9.17, 15) is 0 Å². The number of rotatable bonds is 2. The van der Waals surface area contributed by atoms with Gasteiger partial charge in [-0.15, -0.1) is 11.8 Å². The summed E-state index contributed by atoms with van der Waals surface area (Å²) in [4.78, 5) is 4.44. The number of aryl methyl sites for hydroxylation is 1. The largest absolute Gasteiger partial charge is 0.411 e. The Labute approximate surface area is 94.6 Å². The van der Waals surface area contributed by atoms with Crippen LogP contribution in [-0.2, 0) is 0 Å². The molecule has 0 aliphatic rings. The zero-order valence-corrected chi connectivity index (χ0v) is 10.3. The van der Waals surface area contributed by atoms with E-state index in [1.54, 1.807) is 11.8 Å². The van der Waals surface area contributed by atoms with Crippen molar-refractivity contribution in [3.8, 4) is 0 Å². The molecule has 3 nitrogen and oxygen atoms in total. The van der Waals surface area contributed by atoms with Crippen molar-refractivity contribution in [3.63, 3.8) is 0 Å². The molecule has 0 amide bonds. The highest BCUT2D eigenvalue weighted by atomic mass is 32.2. The molecule has 0 unspecified atom stereocenters. The molecule has 1 N–H and O–H groups in total. The third kappa shape index (κ3) is 3.91. The summed E-state index contributed by atoms with van der Waals surface area (Å²) in [6.07, 6.45) is 1.40. The predicted molar refractivity (Wildman–Crippen MR) is 64.0 cm³/mol. The lowest BCUT2D eigenvalue weighted by Gasteiger charge is -2.17. The van der Waals surface area contributed by atoms with Gasteiger partial charge in [0.2, 0.25) is 0 Å². The minimum absolute atomic E-state index is 0.159. The van der Waals surface area contributed by atoms with Gasteiger partial charge in [0.1, 0.15) is 0 Å². The lowest BCUT2D eigenvalue weighted by Crippen LogP contribution is -2.07. The second kappa shape index (κ2) is 4.66. The summed E-state index contributed by atoms with van der Waals surface area (Å²) in [5.74, 6) is 0. The van der Waals surface area contributed by atoms with Gasteiger partial charge in [-0.05, 0) is 19.1 Å². The van der Waals surface area contributed by atoms with Crippen LogP contribution < -0.4 is 0 Å². The normalized spacial score (nSPS) is 12.3. The molecular formula is C11H16N2OS. The van der Waals surface area contributed by atoms with E-state index in [2.05, 4.69) is 30.9 Å². The first-order valence-corrected chi connectivity index (χ1v) is 5.58. The van der Waals surface area contributed by atoms with Crippen molar-refractivity contribution in [1.29, 1.82) is 0 Å². The monoisotopic (exact) mass is 224 g/mol. The van der Waals surface area contributed by atoms with Crippen LogP contribution in [0.3, 0.4) is 0 Å². The van der Waals surface area contributed by atoms with Gasteiger partial charge in [-0.3, -0.25) is 0 Å². The van der Waals surface area contributed by atoms with E-state index in [1.165, 1.54) is 6.21 Å². The summed E-state index contributed by atoms with van der Waals surface area (Å²) in [5.41, 5.74) is 1.72. The van der Waals surface area contributed by atoms with Gasteiger partial charge >= 0.3 is 0 Å². The standard InChI is InChI=1S/C11H16N2OS/c1-8-9(7-12-14)5-6-10(13-8)15-11(2,3)4/h5-7,14H,1-4H3/b12-7-. The van der Waals surface area contributed by atoms with Crippen LogP contribution in [0.1, 0.15) is 32.0 Å². The Morgan fingerprint density at radius 2 is 2.07 bits per heavy atom. The molecule has 0 saturated carbocycles. The van der Waals surface area contributed by atoms with Crippen molar-refractivity contribution in [2.75, 3.05) is 0 Å². The molecule has 0 bridgehead atoms. The van der Waals surface area contributed by atoms with Crippen molar-refractivity contribution in [1.82, 2.24) is 4.98 Å². The van der Waals surface area contributed by atoms with Crippen molar-refractivity contribution in [2.24, 2.45) is 5.16 Å². The predicted octanol–water partition coefficient (Wildman–Crippen LogP) is 3.09. The van der Waals surface area contributed by atoms with Crippen molar-refractivity contribution >= 4 is 18.0 Å². The van der Waals surface area contributed by atoms with E-state index in [4.69, 9.17) is 5.21 Å². The summed E-state index contributed by atoms with van der Waals surface area (Å²) in [7, 11) is 0. The van der Waals surface area contributed by atoms with Crippen LogP contribution in [0.5, 0.6) is 0 Å². The van der Waals surface area contributed by atoms with Gasteiger partial charge in [0.15, 0.2) is 0 Å². The summed E-state index contributed by atoms with van der Waals surface area (Å²) >= 11 is 1.72. The molecular weight excluding hydrogens is 208 g/mol. The van der Waals surface area contributed by atoms with E-state index in [0.29, 0.717) is 0 Å². The fourth-order valence-electron chi connectivity index (χ4n) is 1.12. The highest BCUT2D eigenvalue weighted by molar-refractivity contribution is 8.00. The Hall–Kier alpha value is -1.03. The van der Waals surface area contributed by atoms with Crippen molar-refractivity contribution < 1.29 is 5.21 Å². The topological polar surface area (TPSA) is 45.5 Å². The maximum atomic E-state index is 8.44. The first-order valence-electron chi connectivity index (χ1n) is 4.76. The quantitative estimate of drug-likeness (QED) is 0.363. The van der Waals surface area contributed by atoms with Gasteiger partial charge in [0.25, 0.3) is 0 Å². The molecule has 82 valence electrons. The van der Waals surface area contributed by atoms with Crippen LogP contribution in [0, 0.1) is 6.92 Å². The van der Waals surface area contributed by atoms with Crippen LogP contribution in [-0.4, -0.2) is 21.2 Å². The van der Waals surface area contributed by atoms with E-state index >= 15 is 0 Å². The Morgan fingerprint density at radius 3 is 2.53 bits per heavy atom. The Kier molecular flexibility index (Phi) is 3.74. The smallest absolute Gasteiger partial charge is 0.0968 e. The maximum Gasteiger partial charge on any atom is 0.0968 e. The first kappa shape index (κ1) is 12.0. The molecule has 0 fully saturated rings. The number of hydrogen-bond acceptors (Lipinski definition) is 4. The van der Waals surface area contributed by atoms with E-state index in [-0.39, 0.29) is 4.75 Å². The van der Waals surface area contributed by atoms with Gasteiger partial charge in [0, 0.05) is 16.0 Å². The molecule has 0 aliphatic carbocycles. The highest BCUT2D eigenvalue weighted by Gasteiger charge is 2.13. The van der Waals surface area contributed by atoms with Gasteiger partial charge in [0.05, 0.1) is 11.2 Å². The fraction of sp³-hybridized carbons (Fsp3) is 0.455. The van der Waals surface area contributed by atoms with Crippen molar-refractivity contribution in [3.05, 3.63) is 23.4 Å². The van der Waals surface area contributed by atoms with E-state index < -0.39 is 0 Å². The number of hydrogen-bond donors (Lipinski definition) is 1. The Morgan fingerprint density at radius 1 is 1.40 bits per heavy atom. The van der Waals surface area contributed by atoms with Crippen LogP contribution in [0.4, 0.5) is 0 Å². The minimum atomic E-state index is 0.159. The molecule has 0 atom stereocenters. The van der Waals surface area contributed by atoms with Gasteiger partial charge < -0.3 is 5.21 Å². The molecule has 1 rings (SSSR count). The molecule has 15 heavy (non-hydrogen) atoms. The first-order chi connectivity index (χ1) is 6.92. The van der Waals surface area contributed by atoms with Gasteiger partial charge in [-0.25, -0.2) is 4.98 Å². The Bertz CT molecular complexity index is 369. The number of pyridine rings is 1. The molecule has 1 aromatic heterocycles. The molecule has 0 spiro atoms. The number of nitrogens with zero attached hydrogens (tertiary/aromatic N) is 2. The average molecular weight is 224 g/mol. The van der Waals surface area contributed by atoms with Gasteiger partial charge in [-0.1, -0.05) is 25.9 Å². The van der Waals surface area contributed by atoms with E-state index in [1.807, 2.05) is 19.1 Å².